The van der Waals surface area contributed by atoms with Gasteiger partial charge in [0, 0.05) is 62.5 Å². The lowest BCUT2D eigenvalue weighted by molar-refractivity contribution is -0.142. The monoisotopic (exact) mass is 580 g/mol. The number of fused-ring (bicyclic) bond motifs is 2. The molecule has 41 heavy (non-hydrogen) atoms. The average Bonchev–Trinajstić information content (AvgIpc) is 3.29. The Morgan fingerprint density at radius 3 is 2.37 bits per heavy atom. The zero-order valence-corrected chi connectivity index (χ0v) is 25.4. The van der Waals surface area contributed by atoms with E-state index < -0.39 is 22.6 Å². The van der Waals surface area contributed by atoms with Gasteiger partial charge in [-0.1, -0.05) is 31.2 Å². The fourth-order valence-corrected chi connectivity index (χ4v) is 9.14. The molecule has 1 unspecified atom stereocenters. The molecule has 0 bridgehead atoms. The van der Waals surface area contributed by atoms with Crippen LogP contribution in [0.4, 0.5) is 11.4 Å². The third kappa shape index (κ3) is 5.20. The van der Waals surface area contributed by atoms with Gasteiger partial charge in [-0.2, -0.15) is 0 Å². The number of benzene rings is 1. The van der Waals surface area contributed by atoms with Crippen molar-refractivity contribution in [3.05, 3.63) is 48.6 Å². The van der Waals surface area contributed by atoms with Gasteiger partial charge in [-0.15, -0.1) is 11.8 Å². The van der Waals surface area contributed by atoms with E-state index >= 15 is 0 Å². The summed E-state index contributed by atoms with van der Waals surface area (Å²) in [5.41, 5.74) is 1.93. The summed E-state index contributed by atoms with van der Waals surface area (Å²) in [7, 11) is 0. The van der Waals surface area contributed by atoms with Crippen LogP contribution in [0.5, 0.6) is 0 Å². The van der Waals surface area contributed by atoms with Crippen molar-refractivity contribution in [2.45, 2.75) is 62.5 Å². The third-order valence-electron chi connectivity index (χ3n) is 9.08. The Morgan fingerprint density at radius 2 is 1.68 bits per heavy atom. The van der Waals surface area contributed by atoms with Crippen molar-refractivity contribution >= 4 is 40.9 Å². The van der Waals surface area contributed by atoms with E-state index in [1.807, 2.05) is 23.1 Å². The van der Waals surface area contributed by atoms with E-state index in [-0.39, 0.29) is 29.6 Å². The molecular formula is C32H44N4O4S. The van der Waals surface area contributed by atoms with Gasteiger partial charge in [-0.05, 0) is 63.8 Å². The molecule has 4 aliphatic heterocycles. The molecule has 5 atom stereocenters. The lowest BCUT2D eigenvalue weighted by Gasteiger charge is -2.35. The first-order valence-corrected chi connectivity index (χ1v) is 16.2. The lowest BCUT2D eigenvalue weighted by Crippen LogP contribution is -2.53. The van der Waals surface area contributed by atoms with Crippen LogP contribution in [-0.4, -0.2) is 94.5 Å². The topological polar surface area (TPSA) is 84.4 Å². The standard InChI is InChI=1S/C32H44N4O4S/c1-4-18-34-19-10-12-25-26(29(34)38)27-30(39)36(20-8-7-9-22-37)28-31(40)35(21-11-17-32(27,28)41-25)24-15-13-23(14-16-24)33(5-2)6-3/h10-17,25-28,37H,4-9,18-22H2,1-3H3/t25-,26+,27-,28?,32-/m0/s1. The van der Waals surface area contributed by atoms with Crippen molar-refractivity contribution in [2.75, 3.05) is 55.7 Å². The second kappa shape index (κ2) is 12.6. The van der Waals surface area contributed by atoms with Crippen molar-refractivity contribution in [1.82, 2.24) is 9.80 Å². The predicted octanol–water partition coefficient (Wildman–Crippen LogP) is 3.70. The van der Waals surface area contributed by atoms with Crippen LogP contribution < -0.4 is 9.80 Å². The number of nitrogens with zero attached hydrogens (tertiary/aromatic N) is 4. The van der Waals surface area contributed by atoms with Crippen molar-refractivity contribution in [3.8, 4) is 0 Å². The summed E-state index contributed by atoms with van der Waals surface area (Å²) in [5, 5.41) is 9.16. The van der Waals surface area contributed by atoms with E-state index in [0.29, 0.717) is 39.0 Å². The maximum Gasteiger partial charge on any atom is 0.251 e. The molecule has 0 aromatic heterocycles. The van der Waals surface area contributed by atoms with Crippen LogP contribution in [-0.2, 0) is 14.4 Å². The molecule has 4 aliphatic rings. The summed E-state index contributed by atoms with van der Waals surface area (Å²) >= 11 is 1.63. The minimum Gasteiger partial charge on any atom is -0.396 e. The molecule has 222 valence electrons. The molecule has 5 rings (SSSR count). The second-order valence-corrected chi connectivity index (χ2v) is 12.9. The molecule has 1 aromatic carbocycles. The molecule has 8 nitrogen and oxygen atoms in total. The number of likely N-dealkylation sites (tertiary alicyclic amines) is 1. The van der Waals surface area contributed by atoms with Crippen LogP contribution >= 0.6 is 11.8 Å². The van der Waals surface area contributed by atoms with E-state index in [0.717, 1.165) is 37.3 Å². The van der Waals surface area contributed by atoms with Crippen LogP contribution in [0, 0.1) is 11.8 Å². The molecule has 1 spiro atoms. The number of aliphatic hydroxyl groups excluding tert-OH is 1. The first kappa shape index (κ1) is 29.7. The number of unbranched alkanes of at least 4 members (excludes halogenated alkanes) is 2. The fraction of sp³-hybridized carbons (Fsp3) is 0.594. The van der Waals surface area contributed by atoms with E-state index in [2.05, 4.69) is 56.0 Å². The highest BCUT2D eigenvalue weighted by Gasteiger charge is 2.70. The number of carbonyl (C=O) groups is 3. The van der Waals surface area contributed by atoms with Crippen molar-refractivity contribution in [2.24, 2.45) is 11.8 Å². The van der Waals surface area contributed by atoms with Crippen LogP contribution in [0.1, 0.15) is 46.5 Å². The van der Waals surface area contributed by atoms with E-state index in [1.165, 1.54) is 0 Å². The van der Waals surface area contributed by atoms with Gasteiger partial charge in [0.05, 0.1) is 16.6 Å². The van der Waals surface area contributed by atoms with Gasteiger partial charge in [0.2, 0.25) is 11.8 Å². The number of rotatable bonds is 11. The van der Waals surface area contributed by atoms with Gasteiger partial charge < -0.3 is 24.7 Å². The number of thioether (sulfide) groups is 1. The highest BCUT2D eigenvalue weighted by atomic mass is 32.2. The second-order valence-electron chi connectivity index (χ2n) is 11.4. The Bertz CT molecular complexity index is 1180. The highest BCUT2D eigenvalue weighted by molar-refractivity contribution is 8.02. The van der Waals surface area contributed by atoms with Gasteiger partial charge >= 0.3 is 0 Å². The SMILES string of the molecule is CCCN1CC=C[C@@H]2S[C@]34C=CCN(c5ccc(N(CC)CC)cc5)C(=O)C3N(CCCCCO)C(=O)[C@@H]4[C@@H]2C1=O. The summed E-state index contributed by atoms with van der Waals surface area (Å²) in [6.07, 6.45) is 11.3. The van der Waals surface area contributed by atoms with Crippen LogP contribution in [0.2, 0.25) is 0 Å². The van der Waals surface area contributed by atoms with E-state index in [9.17, 15) is 19.5 Å². The molecule has 2 saturated heterocycles. The average molecular weight is 581 g/mol. The molecule has 0 radical (unpaired) electrons. The van der Waals surface area contributed by atoms with Crippen LogP contribution in [0.15, 0.2) is 48.6 Å². The van der Waals surface area contributed by atoms with Gasteiger partial charge in [-0.25, -0.2) is 0 Å². The van der Waals surface area contributed by atoms with E-state index in [4.69, 9.17) is 0 Å². The largest absolute Gasteiger partial charge is 0.396 e. The number of aliphatic hydroxyl groups is 1. The molecule has 0 saturated carbocycles. The zero-order chi connectivity index (χ0) is 29.1. The molecule has 2 fully saturated rings. The number of hydrogen-bond donors (Lipinski definition) is 1. The van der Waals surface area contributed by atoms with Crippen molar-refractivity contribution in [3.63, 3.8) is 0 Å². The number of hydrogen-bond acceptors (Lipinski definition) is 6. The third-order valence-corrected chi connectivity index (χ3v) is 10.8. The smallest absolute Gasteiger partial charge is 0.251 e. The molecule has 0 aliphatic carbocycles. The Kier molecular flexibility index (Phi) is 9.14. The molecule has 3 amide bonds. The maximum absolute atomic E-state index is 14.6. The quantitative estimate of drug-likeness (QED) is 0.318. The maximum atomic E-state index is 14.6. The molecule has 1 N–H and O–H groups in total. The summed E-state index contributed by atoms with van der Waals surface area (Å²) < 4.78 is -0.800. The van der Waals surface area contributed by atoms with Crippen LogP contribution in [0.25, 0.3) is 0 Å². The highest BCUT2D eigenvalue weighted by Crippen LogP contribution is 2.61. The summed E-state index contributed by atoms with van der Waals surface area (Å²) in [6.45, 7) is 10.3. The Balaban J connectivity index is 1.52. The zero-order valence-electron chi connectivity index (χ0n) is 24.6. The molecule has 4 heterocycles. The Labute approximate surface area is 248 Å². The van der Waals surface area contributed by atoms with Crippen LogP contribution in [0.3, 0.4) is 0 Å². The first-order valence-electron chi connectivity index (χ1n) is 15.3. The van der Waals surface area contributed by atoms with Gasteiger partial charge in [0.15, 0.2) is 0 Å². The summed E-state index contributed by atoms with van der Waals surface area (Å²) in [4.78, 5) is 50.5. The minimum atomic E-state index is -0.800. The summed E-state index contributed by atoms with van der Waals surface area (Å²) in [6, 6.07) is 7.43. The fourth-order valence-electron chi connectivity index (χ4n) is 7.13. The number of carbonyl (C=O) groups excluding carboxylic acids is 3. The number of amides is 3. The lowest BCUT2D eigenvalue weighted by atomic mass is 9.78. The van der Waals surface area contributed by atoms with Gasteiger partial charge in [-0.3, -0.25) is 14.4 Å². The normalized spacial score (nSPS) is 29.0. The van der Waals surface area contributed by atoms with Crippen molar-refractivity contribution < 1.29 is 19.5 Å². The summed E-state index contributed by atoms with van der Waals surface area (Å²) in [5.74, 6) is -1.22. The Hall–Kier alpha value is -2.78. The van der Waals surface area contributed by atoms with Gasteiger partial charge in [0.25, 0.3) is 5.91 Å². The van der Waals surface area contributed by atoms with Gasteiger partial charge in [0.1, 0.15) is 6.04 Å². The van der Waals surface area contributed by atoms with Crippen molar-refractivity contribution in [1.29, 1.82) is 0 Å². The first-order chi connectivity index (χ1) is 19.9. The Morgan fingerprint density at radius 1 is 0.927 bits per heavy atom. The molecule has 1 aromatic rings. The van der Waals surface area contributed by atoms with E-state index in [1.54, 1.807) is 21.6 Å². The molecule has 9 heteroatoms. The predicted molar refractivity (Wildman–Crippen MR) is 165 cm³/mol. The molecular weight excluding hydrogens is 536 g/mol. The minimum absolute atomic E-state index is 0.0272. The number of anilines is 2.